The van der Waals surface area contributed by atoms with Crippen molar-refractivity contribution in [1.29, 1.82) is 5.41 Å². The van der Waals surface area contributed by atoms with E-state index in [1.807, 2.05) is 83.4 Å². The zero-order chi connectivity index (χ0) is 20.5. The largest absolute Gasteiger partial charge is 0.369 e. The molecule has 0 amide bonds. The van der Waals surface area contributed by atoms with Crippen molar-refractivity contribution in [3.63, 3.8) is 0 Å². The number of hydrogen-bond acceptors (Lipinski definition) is 1. The first-order chi connectivity index (χ1) is 14.7. The van der Waals surface area contributed by atoms with Gasteiger partial charge in [-0.05, 0) is 23.3 Å². The maximum Gasteiger partial charge on any atom is 0.207 e. The van der Waals surface area contributed by atoms with Crippen LogP contribution in [0.5, 0.6) is 0 Å². The normalized spacial score (nSPS) is 11.8. The van der Waals surface area contributed by atoms with Crippen LogP contribution in [0.2, 0.25) is 0 Å². The summed E-state index contributed by atoms with van der Waals surface area (Å²) >= 11 is 0. The van der Waals surface area contributed by atoms with Crippen molar-refractivity contribution in [2.75, 3.05) is 0 Å². The number of rotatable bonds is 2. The van der Waals surface area contributed by atoms with Gasteiger partial charge in [0.25, 0.3) is 0 Å². The quantitative estimate of drug-likeness (QED) is 0.298. The lowest BCUT2D eigenvalue weighted by Gasteiger charge is -2.08. The van der Waals surface area contributed by atoms with Crippen molar-refractivity contribution >= 4 is 33.6 Å². The number of nitrogens with two attached hydrogens (primary N) is 1. The van der Waals surface area contributed by atoms with Gasteiger partial charge >= 0.3 is 0 Å². The Labute approximate surface area is 174 Å². The second-order valence-electron chi connectivity index (χ2n) is 7.13. The lowest BCUT2D eigenvalue weighted by molar-refractivity contribution is 1.22. The first-order valence-electron chi connectivity index (χ1n) is 9.79. The van der Waals surface area contributed by atoms with Crippen LogP contribution in [0.25, 0.3) is 32.9 Å². The zero-order valence-corrected chi connectivity index (χ0v) is 16.3. The SMILES string of the molecule is N=C(/N=C(\N)n1c2ccccc2c2ccccc21)c1ccc(-c2ccccc2)cc1. The monoisotopic (exact) mass is 388 g/mol. The smallest absolute Gasteiger partial charge is 0.207 e. The highest BCUT2D eigenvalue weighted by Gasteiger charge is 2.13. The Morgan fingerprint density at radius 2 is 1.13 bits per heavy atom. The van der Waals surface area contributed by atoms with E-state index in [0.29, 0.717) is 0 Å². The molecule has 0 fully saturated rings. The van der Waals surface area contributed by atoms with E-state index in [0.717, 1.165) is 38.5 Å². The van der Waals surface area contributed by atoms with Gasteiger partial charge in [-0.25, -0.2) is 0 Å². The first-order valence-corrected chi connectivity index (χ1v) is 9.79. The van der Waals surface area contributed by atoms with Crippen LogP contribution in [0, 0.1) is 5.41 Å². The van der Waals surface area contributed by atoms with Gasteiger partial charge < -0.3 is 5.73 Å². The number of amidine groups is 1. The maximum absolute atomic E-state index is 8.47. The number of benzene rings is 4. The van der Waals surface area contributed by atoms with E-state index < -0.39 is 0 Å². The van der Waals surface area contributed by atoms with Crippen LogP contribution in [0.4, 0.5) is 0 Å². The second-order valence-corrected chi connectivity index (χ2v) is 7.13. The molecule has 0 saturated heterocycles. The Hall–Kier alpha value is -4.18. The van der Waals surface area contributed by atoms with Crippen molar-refractivity contribution in [2.24, 2.45) is 10.7 Å². The van der Waals surface area contributed by atoms with Gasteiger partial charge in [-0.1, -0.05) is 91.0 Å². The summed E-state index contributed by atoms with van der Waals surface area (Å²) in [5, 5.41) is 10.7. The summed E-state index contributed by atoms with van der Waals surface area (Å²) in [7, 11) is 0. The summed E-state index contributed by atoms with van der Waals surface area (Å²) < 4.78 is 1.91. The van der Waals surface area contributed by atoms with Gasteiger partial charge in [-0.15, -0.1) is 0 Å². The minimum atomic E-state index is 0.133. The van der Waals surface area contributed by atoms with E-state index in [1.165, 1.54) is 0 Å². The molecular formula is C26H20N4. The number of hydrogen-bond donors (Lipinski definition) is 2. The molecule has 5 aromatic rings. The molecule has 4 heteroatoms. The van der Waals surface area contributed by atoms with Gasteiger partial charge in [0.05, 0.1) is 11.0 Å². The van der Waals surface area contributed by atoms with Crippen LogP contribution in [0.15, 0.2) is 108 Å². The van der Waals surface area contributed by atoms with Crippen LogP contribution in [-0.2, 0) is 0 Å². The van der Waals surface area contributed by atoms with Crippen molar-refractivity contribution in [3.05, 3.63) is 109 Å². The standard InChI is InChI=1S/C26H20N4/c27-25(20-16-14-19(15-17-20)18-8-2-1-3-9-18)29-26(28)30-23-12-6-4-10-21(23)22-11-5-7-13-24(22)30/h1-17H,(H3,27,28,29). The maximum atomic E-state index is 8.47. The van der Waals surface area contributed by atoms with Crippen LogP contribution in [0.1, 0.15) is 5.56 Å². The number of para-hydroxylation sites is 2. The summed E-state index contributed by atoms with van der Waals surface area (Å²) in [5.41, 5.74) is 11.3. The van der Waals surface area contributed by atoms with E-state index in [-0.39, 0.29) is 11.8 Å². The lowest BCUT2D eigenvalue weighted by atomic mass is 10.0. The fourth-order valence-corrected chi connectivity index (χ4v) is 3.85. The highest BCUT2D eigenvalue weighted by Crippen LogP contribution is 2.28. The van der Waals surface area contributed by atoms with E-state index in [4.69, 9.17) is 11.1 Å². The summed E-state index contributed by atoms with van der Waals surface area (Å²) in [6, 6.07) is 34.2. The fourth-order valence-electron chi connectivity index (χ4n) is 3.85. The highest BCUT2D eigenvalue weighted by molar-refractivity contribution is 6.15. The average Bonchev–Trinajstić information content (AvgIpc) is 3.14. The van der Waals surface area contributed by atoms with Crippen molar-refractivity contribution in [3.8, 4) is 11.1 Å². The van der Waals surface area contributed by atoms with Gasteiger partial charge in [0.15, 0.2) is 5.84 Å². The summed E-state index contributed by atoms with van der Waals surface area (Å²) in [6.45, 7) is 0. The van der Waals surface area contributed by atoms with Gasteiger partial charge in [-0.3, -0.25) is 9.98 Å². The van der Waals surface area contributed by atoms with Crippen molar-refractivity contribution in [2.45, 2.75) is 0 Å². The van der Waals surface area contributed by atoms with Gasteiger partial charge in [0, 0.05) is 16.3 Å². The number of nitrogens with zero attached hydrogens (tertiary/aromatic N) is 2. The van der Waals surface area contributed by atoms with Crippen molar-refractivity contribution < 1.29 is 0 Å². The predicted molar refractivity (Wildman–Crippen MR) is 125 cm³/mol. The van der Waals surface area contributed by atoms with E-state index >= 15 is 0 Å². The van der Waals surface area contributed by atoms with Gasteiger partial charge in [-0.2, -0.15) is 4.99 Å². The molecule has 0 saturated carbocycles. The van der Waals surface area contributed by atoms with Crippen LogP contribution in [-0.4, -0.2) is 16.4 Å². The molecule has 4 aromatic carbocycles. The fraction of sp³-hybridized carbons (Fsp3) is 0. The molecule has 5 rings (SSSR count). The highest BCUT2D eigenvalue weighted by atomic mass is 15.2. The minimum absolute atomic E-state index is 0.133. The molecule has 0 unspecified atom stereocenters. The second kappa shape index (κ2) is 7.33. The first kappa shape index (κ1) is 17.9. The topological polar surface area (TPSA) is 67.2 Å². The number of aliphatic imine (C=N–C) groups is 1. The van der Waals surface area contributed by atoms with Crippen molar-refractivity contribution in [1.82, 2.24) is 4.57 Å². The third-order valence-electron chi connectivity index (χ3n) is 5.30. The Balaban J connectivity index is 1.53. The molecule has 30 heavy (non-hydrogen) atoms. The number of nitrogens with one attached hydrogen (secondary N) is 1. The molecule has 1 heterocycles. The van der Waals surface area contributed by atoms with E-state index in [9.17, 15) is 0 Å². The molecular weight excluding hydrogens is 368 g/mol. The lowest BCUT2D eigenvalue weighted by Crippen LogP contribution is -2.23. The predicted octanol–water partition coefficient (Wildman–Crippen LogP) is 5.65. The number of fused-ring (bicyclic) bond motifs is 3. The third kappa shape index (κ3) is 3.05. The van der Waals surface area contributed by atoms with Crippen LogP contribution in [0.3, 0.4) is 0 Å². The minimum Gasteiger partial charge on any atom is -0.369 e. The molecule has 0 aliphatic rings. The molecule has 144 valence electrons. The van der Waals surface area contributed by atoms with Crippen LogP contribution < -0.4 is 5.73 Å². The molecule has 1 aromatic heterocycles. The molecule has 3 N–H and O–H groups in total. The molecule has 0 radical (unpaired) electrons. The van der Waals surface area contributed by atoms with E-state index in [1.54, 1.807) is 0 Å². The van der Waals surface area contributed by atoms with Gasteiger partial charge in [0.2, 0.25) is 5.96 Å². The zero-order valence-electron chi connectivity index (χ0n) is 16.3. The molecule has 0 atom stereocenters. The molecule has 0 aliphatic heterocycles. The average molecular weight is 388 g/mol. The third-order valence-corrected chi connectivity index (χ3v) is 5.30. The summed E-state index contributed by atoms with van der Waals surface area (Å²) in [6.07, 6.45) is 0. The molecule has 0 bridgehead atoms. The Morgan fingerprint density at radius 3 is 1.73 bits per heavy atom. The molecule has 0 spiro atoms. The van der Waals surface area contributed by atoms with Gasteiger partial charge in [0.1, 0.15) is 0 Å². The molecule has 4 nitrogen and oxygen atoms in total. The van der Waals surface area contributed by atoms with E-state index in [2.05, 4.69) is 29.3 Å². The summed E-state index contributed by atoms with van der Waals surface area (Å²) in [4.78, 5) is 4.43. The Morgan fingerprint density at radius 1 is 0.633 bits per heavy atom. The Kier molecular flexibility index (Phi) is 4.37. The molecule has 0 aliphatic carbocycles. The Bertz CT molecular complexity index is 1340. The summed E-state index contributed by atoms with van der Waals surface area (Å²) in [5.74, 6) is 0.415. The number of aromatic nitrogens is 1. The van der Waals surface area contributed by atoms with Crippen LogP contribution >= 0.6 is 0 Å².